The van der Waals surface area contributed by atoms with Gasteiger partial charge in [-0.05, 0) is 13.3 Å². The van der Waals surface area contributed by atoms with E-state index in [0.29, 0.717) is 24.5 Å². The molecule has 0 fully saturated rings. The van der Waals surface area contributed by atoms with Crippen molar-refractivity contribution in [3.8, 4) is 0 Å². The van der Waals surface area contributed by atoms with Crippen LogP contribution in [0.3, 0.4) is 0 Å². The molecule has 0 bridgehead atoms. The van der Waals surface area contributed by atoms with Gasteiger partial charge >= 0.3 is 0 Å². The van der Waals surface area contributed by atoms with E-state index in [1.807, 2.05) is 19.0 Å². The summed E-state index contributed by atoms with van der Waals surface area (Å²) in [6, 6.07) is 0.243. The Morgan fingerprint density at radius 1 is 1.22 bits per heavy atom. The second-order valence-electron chi connectivity index (χ2n) is 4.25. The van der Waals surface area contributed by atoms with Gasteiger partial charge in [-0.1, -0.05) is 0 Å². The average Bonchev–Trinajstić information content (AvgIpc) is 2.35. The van der Waals surface area contributed by atoms with Gasteiger partial charge in [0.05, 0.1) is 0 Å². The lowest BCUT2D eigenvalue weighted by Crippen LogP contribution is -2.21. The fourth-order valence-electron chi connectivity index (χ4n) is 1.33. The standard InChI is InChI=1S/C11H22N6O/c1-8(6-7-18-5)13-10-14-9(12-2)15-11(16-10)17(3)4/h8H,6-7H2,1-5H3,(H2,12,13,14,15,16). The zero-order valence-corrected chi connectivity index (χ0v) is 11.7. The number of hydrogen-bond acceptors (Lipinski definition) is 7. The van der Waals surface area contributed by atoms with Crippen LogP contribution in [0.1, 0.15) is 13.3 Å². The molecule has 1 heterocycles. The van der Waals surface area contributed by atoms with Gasteiger partial charge < -0.3 is 20.3 Å². The number of methoxy groups -OCH3 is 1. The van der Waals surface area contributed by atoms with Crippen LogP contribution in [0, 0.1) is 0 Å². The SMILES string of the molecule is CNc1nc(NC(C)CCOC)nc(N(C)C)n1. The molecule has 1 unspecified atom stereocenters. The van der Waals surface area contributed by atoms with Gasteiger partial charge in [0.2, 0.25) is 17.8 Å². The average molecular weight is 254 g/mol. The molecule has 0 saturated carbocycles. The monoisotopic (exact) mass is 254 g/mol. The van der Waals surface area contributed by atoms with Gasteiger partial charge in [-0.15, -0.1) is 0 Å². The zero-order valence-electron chi connectivity index (χ0n) is 11.7. The summed E-state index contributed by atoms with van der Waals surface area (Å²) in [6.07, 6.45) is 0.897. The number of nitrogens with zero attached hydrogens (tertiary/aromatic N) is 4. The van der Waals surface area contributed by atoms with E-state index in [9.17, 15) is 0 Å². The topological polar surface area (TPSA) is 75.2 Å². The van der Waals surface area contributed by atoms with Crippen molar-refractivity contribution in [2.75, 3.05) is 50.4 Å². The summed E-state index contributed by atoms with van der Waals surface area (Å²) in [4.78, 5) is 14.7. The van der Waals surface area contributed by atoms with Crippen molar-refractivity contribution in [1.82, 2.24) is 15.0 Å². The first-order chi connectivity index (χ1) is 8.56. The summed E-state index contributed by atoms with van der Waals surface area (Å²) in [7, 11) is 7.27. The molecule has 1 aromatic rings. The fourth-order valence-corrected chi connectivity index (χ4v) is 1.33. The Hall–Kier alpha value is -1.63. The van der Waals surface area contributed by atoms with E-state index in [2.05, 4.69) is 32.5 Å². The predicted molar refractivity (Wildman–Crippen MR) is 73.3 cm³/mol. The van der Waals surface area contributed by atoms with Crippen LogP contribution in [0.15, 0.2) is 0 Å². The van der Waals surface area contributed by atoms with Crippen LogP contribution in [-0.2, 0) is 4.74 Å². The highest BCUT2D eigenvalue weighted by Crippen LogP contribution is 2.12. The van der Waals surface area contributed by atoms with Gasteiger partial charge in [-0.25, -0.2) is 0 Å². The number of ether oxygens (including phenoxy) is 1. The Kier molecular flexibility index (Phi) is 5.57. The van der Waals surface area contributed by atoms with Crippen LogP contribution in [-0.4, -0.2) is 55.9 Å². The van der Waals surface area contributed by atoms with Crippen molar-refractivity contribution in [2.24, 2.45) is 0 Å². The van der Waals surface area contributed by atoms with Crippen LogP contribution in [0.5, 0.6) is 0 Å². The van der Waals surface area contributed by atoms with Crippen LogP contribution in [0.4, 0.5) is 17.8 Å². The third-order valence-electron chi connectivity index (χ3n) is 2.38. The van der Waals surface area contributed by atoms with Crippen molar-refractivity contribution in [3.05, 3.63) is 0 Å². The summed E-state index contributed by atoms with van der Waals surface area (Å²) in [5, 5.41) is 6.16. The normalized spacial score (nSPS) is 12.1. The highest BCUT2D eigenvalue weighted by Gasteiger charge is 2.09. The van der Waals surface area contributed by atoms with E-state index in [1.54, 1.807) is 14.2 Å². The molecule has 0 aliphatic rings. The molecule has 0 aromatic carbocycles. The molecule has 0 spiro atoms. The van der Waals surface area contributed by atoms with Crippen molar-refractivity contribution >= 4 is 17.8 Å². The molecule has 2 N–H and O–H groups in total. The van der Waals surface area contributed by atoms with Gasteiger partial charge in [0.15, 0.2) is 0 Å². The summed E-state index contributed by atoms with van der Waals surface area (Å²) >= 11 is 0. The smallest absolute Gasteiger partial charge is 0.231 e. The highest BCUT2D eigenvalue weighted by molar-refractivity contribution is 5.42. The molecule has 0 aliphatic heterocycles. The number of rotatable bonds is 7. The fraction of sp³-hybridized carbons (Fsp3) is 0.727. The van der Waals surface area contributed by atoms with Crippen LogP contribution >= 0.6 is 0 Å². The molecule has 0 aliphatic carbocycles. The van der Waals surface area contributed by atoms with E-state index in [-0.39, 0.29) is 6.04 Å². The number of anilines is 3. The maximum Gasteiger partial charge on any atom is 0.231 e. The molecular weight excluding hydrogens is 232 g/mol. The minimum absolute atomic E-state index is 0.243. The molecule has 1 rings (SSSR count). The maximum absolute atomic E-state index is 5.04. The van der Waals surface area contributed by atoms with E-state index >= 15 is 0 Å². The molecule has 18 heavy (non-hydrogen) atoms. The molecular formula is C11H22N6O. The lowest BCUT2D eigenvalue weighted by atomic mass is 10.2. The summed E-state index contributed by atoms with van der Waals surface area (Å²) in [6.45, 7) is 2.77. The Labute approximate surface area is 108 Å². The van der Waals surface area contributed by atoms with Crippen molar-refractivity contribution in [1.29, 1.82) is 0 Å². The molecule has 7 nitrogen and oxygen atoms in total. The zero-order chi connectivity index (χ0) is 13.5. The third-order valence-corrected chi connectivity index (χ3v) is 2.38. The highest BCUT2D eigenvalue weighted by atomic mass is 16.5. The van der Waals surface area contributed by atoms with Crippen molar-refractivity contribution in [3.63, 3.8) is 0 Å². The number of hydrogen-bond donors (Lipinski definition) is 2. The molecule has 1 atom stereocenters. The maximum atomic E-state index is 5.04. The number of aromatic nitrogens is 3. The van der Waals surface area contributed by atoms with Crippen LogP contribution in [0.25, 0.3) is 0 Å². The summed E-state index contributed by atoms with van der Waals surface area (Å²) in [5.41, 5.74) is 0. The summed E-state index contributed by atoms with van der Waals surface area (Å²) in [5.74, 6) is 1.74. The molecule has 102 valence electrons. The van der Waals surface area contributed by atoms with E-state index in [0.717, 1.165) is 6.42 Å². The number of nitrogens with one attached hydrogen (secondary N) is 2. The Morgan fingerprint density at radius 3 is 2.44 bits per heavy atom. The third kappa shape index (κ3) is 4.33. The van der Waals surface area contributed by atoms with Crippen LogP contribution < -0.4 is 15.5 Å². The molecule has 1 aromatic heterocycles. The lowest BCUT2D eigenvalue weighted by Gasteiger charge is -2.16. The Bertz CT molecular complexity index is 371. The van der Waals surface area contributed by atoms with Gasteiger partial charge in [0.1, 0.15) is 0 Å². The van der Waals surface area contributed by atoms with E-state index < -0.39 is 0 Å². The van der Waals surface area contributed by atoms with E-state index in [4.69, 9.17) is 4.74 Å². The first kappa shape index (κ1) is 14.4. The Morgan fingerprint density at radius 2 is 1.89 bits per heavy atom. The first-order valence-corrected chi connectivity index (χ1v) is 5.93. The van der Waals surface area contributed by atoms with E-state index in [1.165, 1.54) is 0 Å². The lowest BCUT2D eigenvalue weighted by molar-refractivity contribution is 0.191. The van der Waals surface area contributed by atoms with Crippen LogP contribution in [0.2, 0.25) is 0 Å². The quantitative estimate of drug-likeness (QED) is 0.746. The predicted octanol–water partition coefficient (Wildman–Crippen LogP) is 0.816. The minimum Gasteiger partial charge on any atom is -0.385 e. The molecule has 0 radical (unpaired) electrons. The molecule has 7 heteroatoms. The molecule has 0 amide bonds. The van der Waals surface area contributed by atoms with Gasteiger partial charge in [0, 0.05) is 40.9 Å². The minimum atomic E-state index is 0.243. The second kappa shape index (κ2) is 6.95. The van der Waals surface area contributed by atoms with Crippen molar-refractivity contribution in [2.45, 2.75) is 19.4 Å². The Balaban J connectivity index is 2.77. The van der Waals surface area contributed by atoms with Gasteiger partial charge in [-0.3, -0.25) is 0 Å². The second-order valence-corrected chi connectivity index (χ2v) is 4.25. The first-order valence-electron chi connectivity index (χ1n) is 5.93. The largest absolute Gasteiger partial charge is 0.385 e. The van der Waals surface area contributed by atoms with Gasteiger partial charge in [0.25, 0.3) is 0 Å². The molecule has 0 saturated heterocycles. The van der Waals surface area contributed by atoms with Crippen molar-refractivity contribution < 1.29 is 4.74 Å². The summed E-state index contributed by atoms with van der Waals surface area (Å²) < 4.78 is 5.04. The van der Waals surface area contributed by atoms with Gasteiger partial charge in [-0.2, -0.15) is 15.0 Å².